The van der Waals surface area contributed by atoms with E-state index < -0.39 is 0 Å². The standard InChI is InChI=1S/C7H3IN.Cu/c1-2-6-3-4-9-5-7(6)8;/h3-5H;/q-1;+1. The van der Waals surface area contributed by atoms with E-state index in [0.717, 1.165) is 9.13 Å². The summed E-state index contributed by atoms with van der Waals surface area (Å²) < 4.78 is 0.963. The van der Waals surface area contributed by atoms with Crippen molar-refractivity contribution in [3.05, 3.63) is 34.0 Å². The number of halogens is 1. The van der Waals surface area contributed by atoms with Crippen molar-refractivity contribution < 1.29 is 17.1 Å². The third-order valence-corrected chi connectivity index (χ3v) is 1.77. The van der Waals surface area contributed by atoms with Crippen LogP contribution in [0.5, 0.6) is 0 Å². The van der Waals surface area contributed by atoms with Gasteiger partial charge < -0.3 is 6.42 Å². The summed E-state index contributed by atoms with van der Waals surface area (Å²) in [4.78, 5) is 3.86. The monoisotopic (exact) mass is 291 g/mol. The van der Waals surface area contributed by atoms with E-state index in [4.69, 9.17) is 6.42 Å². The van der Waals surface area contributed by atoms with Gasteiger partial charge in [0.1, 0.15) is 0 Å². The molecule has 0 N–H and O–H groups in total. The Morgan fingerprint density at radius 1 is 1.60 bits per heavy atom. The van der Waals surface area contributed by atoms with Gasteiger partial charge in [-0.15, -0.1) is 11.6 Å². The zero-order chi connectivity index (χ0) is 6.69. The Morgan fingerprint density at radius 2 is 2.30 bits per heavy atom. The molecule has 0 aliphatic heterocycles. The third-order valence-electron chi connectivity index (χ3n) is 0.907. The number of rotatable bonds is 0. The molecule has 0 saturated carbocycles. The average Bonchev–Trinajstić information content (AvgIpc) is 1.89. The van der Waals surface area contributed by atoms with Crippen molar-refractivity contribution in [2.45, 2.75) is 0 Å². The summed E-state index contributed by atoms with van der Waals surface area (Å²) in [6.45, 7) is 0. The molecule has 0 radical (unpaired) electrons. The summed E-state index contributed by atoms with van der Waals surface area (Å²) in [6.07, 6.45) is 10.2. The number of aromatic nitrogens is 1. The molecule has 0 amide bonds. The van der Waals surface area contributed by atoms with E-state index in [1.54, 1.807) is 18.5 Å². The molecule has 10 heavy (non-hydrogen) atoms. The first kappa shape index (κ1) is 9.96. The molecule has 0 fully saturated rings. The van der Waals surface area contributed by atoms with Gasteiger partial charge in [0.05, 0.1) is 0 Å². The summed E-state index contributed by atoms with van der Waals surface area (Å²) in [6, 6.07) is 1.76. The zero-order valence-electron chi connectivity index (χ0n) is 4.86. The number of hydrogen-bond acceptors (Lipinski definition) is 1. The van der Waals surface area contributed by atoms with Crippen LogP contribution in [0.2, 0.25) is 0 Å². The van der Waals surface area contributed by atoms with Gasteiger partial charge in [-0.25, -0.2) is 0 Å². The van der Waals surface area contributed by atoms with Crippen LogP contribution in [-0.2, 0) is 17.1 Å². The molecule has 0 aliphatic carbocycles. The quantitative estimate of drug-likeness (QED) is 0.306. The van der Waals surface area contributed by atoms with Gasteiger partial charge in [0, 0.05) is 12.4 Å². The van der Waals surface area contributed by atoms with E-state index in [0.29, 0.717) is 0 Å². The maximum Gasteiger partial charge on any atom is 1.00 e. The van der Waals surface area contributed by atoms with Crippen LogP contribution < -0.4 is 0 Å². The first-order chi connectivity index (χ1) is 4.34. The Balaban J connectivity index is 0.000000810. The Kier molecular flexibility index (Phi) is 4.71. The fourth-order valence-corrected chi connectivity index (χ4v) is 0.952. The molecule has 1 nitrogen and oxygen atoms in total. The normalized spacial score (nSPS) is 7.60. The predicted octanol–water partition coefficient (Wildman–Crippen LogP) is 1.62. The van der Waals surface area contributed by atoms with Crippen LogP contribution in [0, 0.1) is 15.9 Å². The topological polar surface area (TPSA) is 12.9 Å². The van der Waals surface area contributed by atoms with Crippen molar-refractivity contribution >= 4 is 22.6 Å². The molecule has 0 atom stereocenters. The minimum absolute atomic E-state index is 0. The zero-order valence-corrected chi connectivity index (χ0v) is 7.96. The third kappa shape index (κ3) is 2.30. The fraction of sp³-hybridized carbons (Fsp3) is 0. The number of nitrogens with zero attached hydrogens (tertiary/aromatic N) is 1. The molecule has 54 valence electrons. The van der Waals surface area contributed by atoms with Crippen LogP contribution in [0.4, 0.5) is 0 Å². The van der Waals surface area contributed by atoms with Crippen LogP contribution >= 0.6 is 22.6 Å². The van der Waals surface area contributed by atoms with Crippen LogP contribution in [0.15, 0.2) is 18.5 Å². The molecule has 1 aromatic rings. The summed E-state index contributed by atoms with van der Waals surface area (Å²) in [5, 5.41) is 0. The Hall–Kier alpha value is -0.0405. The predicted molar refractivity (Wildman–Crippen MR) is 43.2 cm³/mol. The molecule has 1 heterocycles. The van der Waals surface area contributed by atoms with E-state index in [-0.39, 0.29) is 17.1 Å². The van der Waals surface area contributed by atoms with Crippen LogP contribution in [0.3, 0.4) is 0 Å². The largest absolute Gasteiger partial charge is 1.00 e. The van der Waals surface area contributed by atoms with Crippen LogP contribution in [0.1, 0.15) is 5.56 Å². The average molecular weight is 292 g/mol. The molecule has 0 bridgehead atoms. The molecular formula is C7H3CuIN. The van der Waals surface area contributed by atoms with Gasteiger partial charge in [-0.2, -0.15) is 0 Å². The van der Waals surface area contributed by atoms with Crippen molar-refractivity contribution in [1.82, 2.24) is 4.98 Å². The second-order valence-electron chi connectivity index (χ2n) is 1.48. The smallest absolute Gasteiger partial charge is 0.366 e. The number of hydrogen-bond donors (Lipinski definition) is 0. The first-order valence-electron chi connectivity index (χ1n) is 2.37. The van der Waals surface area contributed by atoms with Crippen LogP contribution in [-0.4, -0.2) is 4.98 Å². The summed E-state index contributed by atoms with van der Waals surface area (Å²) >= 11 is 2.12. The summed E-state index contributed by atoms with van der Waals surface area (Å²) in [5.74, 6) is 2.30. The molecule has 1 aromatic heterocycles. The molecule has 0 aromatic carbocycles. The van der Waals surface area contributed by atoms with Gasteiger partial charge in [-0.3, -0.25) is 10.9 Å². The Labute approximate surface area is 84.2 Å². The maximum absolute atomic E-state index is 6.80. The maximum atomic E-state index is 6.80. The SMILES string of the molecule is [C-]#Cc1ccncc1I.[Cu+]. The second kappa shape index (κ2) is 4.73. The van der Waals surface area contributed by atoms with Crippen molar-refractivity contribution in [1.29, 1.82) is 0 Å². The molecular weight excluding hydrogens is 289 g/mol. The second-order valence-corrected chi connectivity index (χ2v) is 2.64. The van der Waals surface area contributed by atoms with Gasteiger partial charge in [0.2, 0.25) is 0 Å². The van der Waals surface area contributed by atoms with Gasteiger partial charge in [-0.1, -0.05) is 22.6 Å². The van der Waals surface area contributed by atoms with E-state index >= 15 is 0 Å². The van der Waals surface area contributed by atoms with Crippen molar-refractivity contribution in [3.63, 3.8) is 0 Å². The molecule has 1 rings (SSSR count). The van der Waals surface area contributed by atoms with E-state index in [2.05, 4.69) is 33.5 Å². The first-order valence-corrected chi connectivity index (χ1v) is 3.44. The van der Waals surface area contributed by atoms with E-state index in [1.165, 1.54) is 0 Å². The van der Waals surface area contributed by atoms with Gasteiger partial charge in [-0.05, 0) is 3.57 Å². The van der Waals surface area contributed by atoms with Crippen molar-refractivity contribution in [3.8, 4) is 5.92 Å². The molecule has 0 saturated heterocycles. The minimum Gasteiger partial charge on any atom is -0.366 e. The Bertz CT molecular complexity index is 254. The molecule has 0 aliphatic rings. The van der Waals surface area contributed by atoms with Gasteiger partial charge >= 0.3 is 17.1 Å². The minimum atomic E-state index is 0. The number of pyridine rings is 1. The van der Waals surface area contributed by atoms with Gasteiger partial charge in [0.15, 0.2) is 0 Å². The van der Waals surface area contributed by atoms with Crippen molar-refractivity contribution in [2.24, 2.45) is 0 Å². The van der Waals surface area contributed by atoms with Crippen LogP contribution in [0.25, 0.3) is 0 Å². The van der Waals surface area contributed by atoms with Crippen molar-refractivity contribution in [2.75, 3.05) is 0 Å². The summed E-state index contributed by atoms with van der Waals surface area (Å²) in [5.41, 5.74) is 0.797. The van der Waals surface area contributed by atoms with Gasteiger partial charge in [0.25, 0.3) is 0 Å². The van der Waals surface area contributed by atoms with E-state index in [9.17, 15) is 0 Å². The molecule has 0 spiro atoms. The molecule has 3 heteroatoms. The summed E-state index contributed by atoms with van der Waals surface area (Å²) in [7, 11) is 0. The molecule has 0 unspecified atom stereocenters. The fourth-order valence-electron chi connectivity index (χ4n) is 0.477. The Morgan fingerprint density at radius 3 is 2.70 bits per heavy atom. The van der Waals surface area contributed by atoms with E-state index in [1.807, 2.05) is 0 Å².